The van der Waals surface area contributed by atoms with E-state index >= 15 is 0 Å². The summed E-state index contributed by atoms with van der Waals surface area (Å²) >= 11 is 0. The first-order valence-electron chi connectivity index (χ1n) is 6.17. The molecule has 0 radical (unpaired) electrons. The Kier molecular flexibility index (Phi) is 5.12. The summed E-state index contributed by atoms with van der Waals surface area (Å²) in [5.74, 6) is 0.148. The highest BCUT2D eigenvalue weighted by Gasteiger charge is 2.18. The third kappa shape index (κ3) is 3.54. The van der Waals surface area contributed by atoms with Crippen molar-refractivity contribution in [1.82, 2.24) is 15.0 Å². The number of carbonyl (C=O) groups excluding carboxylic acids is 1. The predicted octanol–water partition coefficient (Wildman–Crippen LogP) is 2.20. The van der Waals surface area contributed by atoms with Crippen LogP contribution in [0.5, 0.6) is 0 Å². The molecule has 0 aromatic carbocycles. The summed E-state index contributed by atoms with van der Waals surface area (Å²) in [4.78, 5) is 11.6. The highest BCUT2D eigenvalue weighted by Crippen LogP contribution is 2.11. The standard InChI is InChI=1S/C12H21N3O2/c1-5-7-9(3)8-15-10(4)11(13-14-15)12(16)17-6-2/h9H,5-8H2,1-4H3. The number of aromatic nitrogens is 3. The number of nitrogens with zero attached hydrogens (tertiary/aromatic N) is 3. The first kappa shape index (κ1) is 13.7. The first-order chi connectivity index (χ1) is 8.10. The monoisotopic (exact) mass is 239 g/mol. The smallest absolute Gasteiger partial charge is 0.360 e. The Morgan fingerprint density at radius 3 is 2.76 bits per heavy atom. The molecule has 0 spiro atoms. The van der Waals surface area contributed by atoms with Crippen LogP contribution in [-0.4, -0.2) is 27.6 Å². The maximum Gasteiger partial charge on any atom is 0.360 e. The van der Waals surface area contributed by atoms with Crippen molar-refractivity contribution >= 4 is 5.97 Å². The van der Waals surface area contributed by atoms with E-state index in [1.807, 2.05) is 6.92 Å². The highest BCUT2D eigenvalue weighted by atomic mass is 16.5. The minimum absolute atomic E-state index is 0.329. The molecule has 1 heterocycles. The summed E-state index contributed by atoms with van der Waals surface area (Å²) in [7, 11) is 0. The topological polar surface area (TPSA) is 57.0 Å². The molecule has 0 aliphatic rings. The van der Waals surface area contributed by atoms with E-state index in [2.05, 4.69) is 24.2 Å². The lowest BCUT2D eigenvalue weighted by Crippen LogP contribution is -2.12. The van der Waals surface area contributed by atoms with Crippen LogP contribution in [0.4, 0.5) is 0 Å². The molecule has 1 aromatic rings. The SMILES string of the molecule is CCCC(C)Cn1nnc(C(=O)OCC)c1C. The van der Waals surface area contributed by atoms with Crippen molar-refractivity contribution in [3.8, 4) is 0 Å². The van der Waals surface area contributed by atoms with E-state index in [-0.39, 0.29) is 5.97 Å². The molecular formula is C12H21N3O2. The van der Waals surface area contributed by atoms with Crippen LogP contribution >= 0.6 is 0 Å². The van der Waals surface area contributed by atoms with Gasteiger partial charge in [-0.3, -0.25) is 0 Å². The van der Waals surface area contributed by atoms with Gasteiger partial charge in [-0.1, -0.05) is 25.5 Å². The molecular weight excluding hydrogens is 218 g/mol. The van der Waals surface area contributed by atoms with Crippen LogP contribution in [0.25, 0.3) is 0 Å². The minimum Gasteiger partial charge on any atom is -0.461 e. The van der Waals surface area contributed by atoms with Gasteiger partial charge in [0.2, 0.25) is 0 Å². The Hall–Kier alpha value is -1.39. The zero-order chi connectivity index (χ0) is 12.8. The number of ether oxygens (including phenoxy) is 1. The second kappa shape index (κ2) is 6.37. The fourth-order valence-electron chi connectivity index (χ4n) is 1.80. The molecule has 0 amide bonds. The Morgan fingerprint density at radius 1 is 1.47 bits per heavy atom. The molecule has 1 unspecified atom stereocenters. The van der Waals surface area contributed by atoms with E-state index < -0.39 is 0 Å². The third-order valence-electron chi connectivity index (χ3n) is 2.72. The molecule has 17 heavy (non-hydrogen) atoms. The van der Waals surface area contributed by atoms with Crippen molar-refractivity contribution < 1.29 is 9.53 Å². The molecule has 0 N–H and O–H groups in total. The minimum atomic E-state index is -0.389. The van der Waals surface area contributed by atoms with Gasteiger partial charge in [0.05, 0.1) is 12.3 Å². The average Bonchev–Trinajstić information content (AvgIpc) is 2.61. The fourth-order valence-corrected chi connectivity index (χ4v) is 1.80. The van der Waals surface area contributed by atoms with Crippen molar-refractivity contribution in [2.75, 3.05) is 6.61 Å². The largest absolute Gasteiger partial charge is 0.461 e. The fraction of sp³-hybridized carbons (Fsp3) is 0.750. The van der Waals surface area contributed by atoms with Crippen LogP contribution in [0.3, 0.4) is 0 Å². The Labute approximate surface area is 102 Å². The van der Waals surface area contributed by atoms with Crippen molar-refractivity contribution in [2.24, 2.45) is 5.92 Å². The molecule has 1 aromatic heterocycles. The molecule has 0 aliphatic heterocycles. The molecule has 0 saturated carbocycles. The van der Waals surface area contributed by atoms with Crippen LogP contribution in [0, 0.1) is 12.8 Å². The molecule has 0 saturated heterocycles. The molecule has 0 aliphatic carbocycles. The third-order valence-corrected chi connectivity index (χ3v) is 2.72. The van der Waals surface area contributed by atoms with Gasteiger partial charge in [0, 0.05) is 6.54 Å². The summed E-state index contributed by atoms with van der Waals surface area (Å²) in [5.41, 5.74) is 1.11. The maximum atomic E-state index is 11.6. The van der Waals surface area contributed by atoms with E-state index in [1.54, 1.807) is 11.6 Å². The van der Waals surface area contributed by atoms with Gasteiger partial charge in [-0.15, -0.1) is 5.10 Å². The second-order valence-corrected chi connectivity index (χ2v) is 4.32. The van der Waals surface area contributed by atoms with Crippen LogP contribution < -0.4 is 0 Å². The zero-order valence-electron chi connectivity index (χ0n) is 11.1. The Morgan fingerprint density at radius 2 is 2.18 bits per heavy atom. The summed E-state index contributed by atoms with van der Waals surface area (Å²) in [6.45, 7) is 9.12. The molecule has 96 valence electrons. The van der Waals surface area contributed by atoms with Gasteiger partial charge in [-0.05, 0) is 26.2 Å². The lowest BCUT2D eigenvalue weighted by Gasteiger charge is -2.10. The zero-order valence-corrected chi connectivity index (χ0v) is 11.1. The van der Waals surface area contributed by atoms with Gasteiger partial charge in [0.1, 0.15) is 0 Å². The van der Waals surface area contributed by atoms with Crippen molar-refractivity contribution in [3.05, 3.63) is 11.4 Å². The molecule has 1 atom stereocenters. The van der Waals surface area contributed by atoms with Crippen LogP contribution in [-0.2, 0) is 11.3 Å². The van der Waals surface area contributed by atoms with Gasteiger partial charge >= 0.3 is 5.97 Å². The van der Waals surface area contributed by atoms with Crippen LogP contribution in [0.2, 0.25) is 0 Å². The molecule has 5 nitrogen and oxygen atoms in total. The number of rotatable bonds is 6. The number of hydrogen-bond donors (Lipinski definition) is 0. The lowest BCUT2D eigenvalue weighted by atomic mass is 10.1. The Balaban J connectivity index is 2.73. The van der Waals surface area contributed by atoms with E-state index in [1.165, 1.54) is 0 Å². The van der Waals surface area contributed by atoms with Gasteiger partial charge in [-0.2, -0.15) is 0 Å². The van der Waals surface area contributed by atoms with Gasteiger partial charge in [-0.25, -0.2) is 9.48 Å². The average molecular weight is 239 g/mol. The van der Waals surface area contributed by atoms with Gasteiger partial charge in [0.15, 0.2) is 5.69 Å². The number of carbonyl (C=O) groups is 1. The maximum absolute atomic E-state index is 11.6. The van der Waals surface area contributed by atoms with Crippen molar-refractivity contribution in [1.29, 1.82) is 0 Å². The van der Waals surface area contributed by atoms with E-state index in [0.717, 1.165) is 25.1 Å². The lowest BCUT2D eigenvalue weighted by molar-refractivity contribution is 0.0518. The Bertz CT molecular complexity index is 374. The van der Waals surface area contributed by atoms with Crippen LogP contribution in [0.15, 0.2) is 0 Å². The summed E-state index contributed by atoms with van der Waals surface area (Å²) in [6, 6.07) is 0. The summed E-state index contributed by atoms with van der Waals surface area (Å²) in [5, 5.41) is 7.89. The predicted molar refractivity (Wildman–Crippen MR) is 64.8 cm³/mol. The molecule has 5 heteroatoms. The number of esters is 1. The highest BCUT2D eigenvalue weighted by molar-refractivity contribution is 5.88. The van der Waals surface area contributed by atoms with E-state index in [9.17, 15) is 4.79 Å². The van der Waals surface area contributed by atoms with Gasteiger partial charge < -0.3 is 4.74 Å². The van der Waals surface area contributed by atoms with E-state index in [0.29, 0.717) is 18.2 Å². The summed E-state index contributed by atoms with van der Waals surface area (Å²) in [6.07, 6.45) is 2.30. The molecule has 0 fully saturated rings. The van der Waals surface area contributed by atoms with Crippen molar-refractivity contribution in [3.63, 3.8) is 0 Å². The van der Waals surface area contributed by atoms with Crippen LogP contribution in [0.1, 0.15) is 49.8 Å². The quantitative estimate of drug-likeness (QED) is 0.714. The first-order valence-corrected chi connectivity index (χ1v) is 6.17. The van der Waals surface area contributed by atoms with Crippen molar-refractivity contribution in [2.45, 2.75) is 47.1 Å². The molecule has 0 bridgehead atoms. The van der Waals surface area contributed by atoms with E-state index in [4.69, 9.17) is 4.74 Å². The number of hydrogen-bond acceptors (Lipinski definition) is 4. The summed E-state index contributed by atoms with van der Waals surface area (Å²) < 4.78 is 6.70. The van der Waals surface area contributed by atoms with Gasteiger partial charge in [0.25, 0.3) is 0 Å². The normalized spacial score (nSPS) is 12.5. The second-order valence-electron chi connectivity index (χ2n) is 4.32. The molecule has 1 rings (SSSR count).